The Morgan fingerprint density at radius 1 is 1.82 bits per heavy atom. The quantitative estimate of drug-likeness (QED) is 0.632. The van der Waals surface area contributed by atoms with Gasteiger partial charge in [-0.2, -0.15) is 0 Å². The molecule has 1 aromatic rings. The van der Waals surface area contributed by atoms with Crippen LogP contribution in [0.2, 0.25) is 5.15 Å². The third-order valence-corrected chi connectivity index (χ3v) is 1.86. The van der Waals surface area contributed by atoms with Gasteiger partial charge in [-0.25, -0.2) is 4.98 Å². The number of hydrogen-bond donors (Lipinski definition) is 0. The number of carbonyl (C=O) groups excluding carboxylic acids is 1. The zero-order valence-corrected chi connectivity index (χ0v) is 7.17. The predicted octanol–water partition coefficient (Wildman–Crippen LogP) is 1.38. The highest BCUT2D eigenvalue weighted by Gasteiger charge is 2.12. The first-order valence-electron chi connectivity index (χ1n) is 3.28. The number of rotatable bonds is 2. The van der Waals surface area contributed by atoms with E-state index in [4.69, 9.17) is 11.6 Å². The summed E-state index contributed by atoms with van der Waals surface area (Å²) in [6.45, 7) is 1.79. The Morgan fingerprint density at radius 3 is 2.82 bits per heavy atom. The van der Waals surface area contributed by atoms with Crippen LogP contribution < -0.4 is 0 Å². The fourth-order valence-electron chi connectivity index (χ4n) is 0.985. The Labute approximate surface area is 70.0 Å². The van der Waals surface area contributed by atoms with Crippen molar-refractivity contribution in [3.63, 3.8) is 0 Å². The zero-order chi connectivity index (χ0) is 8.43. The molecule has 11 heavy (non-hydrogen) atoms. The van der Waals surface area contributed by atoms with Crippen LogP contribution in [0.15, 0.2) is 6.33 Å². The van der Waals surface area contributed by atoms with Crippen molar-refractivity contribution in [3.8, 4) is 0 Å². The number of carbonyl (C=O) groups is 1. The lowest BCUT2D eigenvalue weighted by Crippen LogP contribution is -2.01. The van der Waals surface area contributed by atoms with Crippen LogP contribution in [-0.4, -0.2) is 15.8 Å². The molecule has 0 saturated heterocycles. The van der Waals surface area contributed by atoms with Gasteiger partial charge in [0.2, 0.25) is 0 Å². The summed E-state index contributed by atoms with van der Waals surface area (Å²) in [6.07, 6.45) is 2.44. The molecule has 1 rings (SSSR count). The molecule has 0 amide bonds. The van der Waals surface area contributed by atoms with E-state index in [1.54, 1.807) is 17.8 Å². The molecule has 0 aromatic carbocycles. The monoisotopic (exact) mass is 172 g/mol. The molecule has 0 spiro atoms. The van der Waals surface area contributed by atoms with Crippen molar-refractivity contribution in [2.75, 3.05) is 0 Å². The Hall–Kier alpha value is -0.830. The van der Waals surface area contributed by atoms with E-state index in [1.807, 2.05) is 7.05 Å². The number of imidazole rings is 1. The van der Waals surface area contributed by atoms with Crippen LogP contribution in [0.25, 0.3) is 0 Å². The Morgan fingerprint density at radius 2 is 2.45 bits per heavy atom. The number of aryl methyl sites for hydroxylation is 1. The Kier molecular flexibility index (Phi) is 2.29. The molecule has 0 aliphatic carbocycles. The van der Waals surface area contributed by atoms with Gasteiger partial charge in [-0.1, -0.05) is 18.5 Å². The van der Waals surface area contributed by atoms with Crippen LogP contribution in [0, 0.1) is 0 Å². The standard InChI is InChI=1S/C7H9ClN2O/c1-5(3-11)6-7(8)9-4-10(6)2/h3-5H,1-2H3. The van der Waals surface area contributed by atoms with E-state index >= 15 is 0 Å². The molecule has 1 heterocycles. The van der Waals surface area contributed by atoms with Gasteiger partial charge in [-0.15, -0.1) is 0 Å². The first kappa shape index (κ1) is 8.27. The lowest BCUT2D eigenvalue weighted by Gasteiger charge is -2.03. The highest BCUT2D eigenvalue weighted by atomic mass is 35.5. The van der Waals surface area contributed by atoms with E-state index in [0.29, 0.717) is 5.15 Å². The lowest BCUT2D eigenvalue weighted by atomic mass is 10.1. The van der Waals surface area contributed by atoms with E-state index in [2.05, 4.69) is 4.98 Å². The highest BCUT2D eigenvalue weighted by Crippen LogP contribution is 2.20. The van der Waals surface area contributed by atoms with Gasteiger partial charge in [-0.3, -0.25) is 0 Å². The summed E-state index contributed by atoms with van der Waals surface area (Å²) < 4.78 is 1.75. The van der Waals surface area contributed by atoms with Crippen molar-refractivity contribution in [1.82, 2.24) is 9.55 Å². The number of aromatic nitrogens is 2. The van der Waals surface area contributed by atoms with E-state index in [0.717, 1.165) is 12.0 Å². The van der Waals surface area contributed by atoms with Crippen molar-refractivity contribution in [1.29, 1.82) is 0 Å². The second-order valence-electron chi connectivity index (χ2n) is 2.46. The molecule has 0 radical (unpaired) electrons. The van der Waals surface area contributed by atoms with Crippen LogP contribution in [0.3, 0.4) is 0 Å². The van der Waals surface area contributed by atoms with Crippen molar-refractivity contribution in [2.45, 2.75) is 12.8 Å². The molecule has 4 heteroatoms. The van der Waals surface area contributed by atoms with Crippen LogP contribution in [0.1, 0.15) is 18.5 Å². The summed E-state index contributed by atoms with van der Waals surface area (Å²) in [7, 11) is 1.81. The van der Waals surface area contributed by atoms with Gasteiger partial charge in [0.15, 0.2) is 5.15 Å². The van der Waals surface area contributed by atoms with Gasteiger partial charge in [0.05, 0.1) is 17.9 Å². The van der Waals surface area contributed by atoms with Crippen molar-refractivity contribution in [2.24, 2.45) is 7.05 Å². The van der Waals surface area contributed by atoms with Gasteiger partial charge < -0.3 is 9.36 Å². The molecule has 0 N–H and O–H groups in total. The third kappa shape index (κ3) is 1.43. The largest absolute Gasteiger partial charge is 0.336 e. The first-order valence-corrected chi connectivity index (χ1v) is 3.66. The second-order valence-corrected chi connectivity index (χ2v) is 2.81. The number of halogens is 1. The molecule has 0 bridgehead atoms. The van der Waals surface area contributed by atoms with Crippen molar-refractivity contribution < 1.29 is 4.79 Å². The van der Waals surface area contributed by atoms with Crippen LogP contribution in [0.5, 0.6) is 0 Å². The molecule has 0 fully saturated rings. The summed E-state index contributed by atoms with van der Waals surface area (Å²) in [4.78, 5) is 14.3. The number of aldehydes is 1. The lowest BCUT2D eigenvalue weighted by molar-refractivity contribution is -0.108. The molecule has 3 nitrogen and oxygen atoms in total. The summed E-state index contributed by atoms with van der Waals surface area (Å²) in [5, 5.41) is 0.409. The minimum Gasteiger partial charge on any atom is -0.336 e. The second kappa shape index (κ2) is 3.05. The van der Waals surface area contributed by atoms with E-state index in [9.17, 15) is 4.79 Å². The summed E-state index contributed by atoms with van der Waals surface area (Å²) >= 11 is 5.73. The molecular weight excluding hydrogens is 164 g/mol. The van der Waals surface area contributed by atoms with Crippen LogP contribution >= 0.6 is 11.6 Å². The minimum atomic E-state index is -0.185. The maximum Gasteiger partial charge on any atom is 0.150 e. The van der Waals surface area contributed by atoms with E-state index in [1.165, 1.54) is 0 Å². The molecule has 0 aliphatic rings. The molecule has 60 valence electrons. The molecule has 0 aliphatic heterocycles. The first-order chi connectivity index (χ1) is 5.16. The Bertz CT molecular complexity index is 250. The van der Waals surface area contributed by atoms with E-state index in [-0.39, 0.29) is 5.92 Å². The average molecular weight is 173 g/mol. The molecule has 1 atom stereocenters. The summed E-state index contributed by atoms with van der Waals surface area (Å²) in [5.41, 5.74) is 0.765. The SMILES string of the molecule is CC(C=O)c1c(Cl)ncn1C. The average Bonchev–Trinajstić information content (AvgIpc) is 2.30. The molecular formula is C7H9ClN2O. The van der Waals surface area contributed by atoms with Crippen molar-refractivity contribution in [3.05, 3.63) is 17.2 Å². The zero-order valence-electron chi connectivity index (χ0n) is 6.41. The molecule has 1 aromatic heterocycles. The van der Waals surface area contributed by atoms with Gasteiger partial charge in [0, 0.05) is 7.05 Å². The smallest absolute Gasteiger partial charge is 0.150 e. The van der Waals surface area contributed by atoms with Crippen molar-refractivity contribution >= 4 is 17.9 Å². The minimum absolute atomic E-state index is 0.185. The fourth-order valence-corrected chi connectivity index (χ4v) is 1.33. The molecule has 1 unspecified atom stereocenters. The normalized spacial score (nSPS) is 13.0. The third-order valence-electron chi connectivity index (χ3n) is 1.57. The van der Waals surface area contributed by atoms with Gasteiger partial charge in [0.25, 0.3) is 0 Å². The number of nitrogens with zero attached hydrogens (tertiary/aromatic N) is 2. The maximum atomic E-state index is 10.4. The topological polar surface area (TPSA) is 34.9 Å². The number of hydrogen-bond acceptors (Lipinski definition) is 2. The van der Waals surface area contributed by atoms with Gasteiger partial charge in [-0.05, 0) is 0 Å². The summed E-state index contributed by atoms with van der Waals surface area (Å²) in [6, 6.07) is 0. The van der Waals surface area contributed by atoms with Crippen LogP contribution in [-0.2, 0) is 11.8 Å². The van der Waals surface area contributed by atoms with Gasteiger partial charge in [0.1, 0.15) is 6.29 Å². The fraction of sp³-hybridized carbons (Fsp3) is 0.429. The van der Waals surface area contributed by atoms with Crippen LogP contribution in [0.4, 0.5) is 0 Å². The predicted molar refractivity (Wildman–Crippen MR) is 42.7 cm³/mol. The maximum absolute atomic E-state index is 10.4. The van der Waals surface area contributed by atoms with E-state index < -0.39 is 0 Å². The van der Waals surface area contributed by atoms with Gasteiger partial charge >= 0.3 is 0 Å². The highest BCUT2D eigenvalue weighted by molar-refractivity contribution is 6.30. The summed E-state index contributed by atoms with van der Waals surface area (Å²) in [5.74, 6) is -0.185. The Balaban J connectivity index is 3.09. The molecule has 0 saturated carbocycles.